The number of ether oxygens (including phenoxy) is 3. The molecule has 0 bridgehead atoms. The zero-order valence-corrected chi connectivity index (χ0v) is 15.1. The van der Waals surface area contributed by atoms with Crippen LogP contribution in [-0.4, -0.2) is 28.9 Å². The summed E-state index contributed by atoms with van der Waals surface area (Å²) in [6.07, 6.45) is 3.86. The van der Waals surface area contributed by atoms with Crippen molar-refractivity contribution in [2.45, 2.75) is 19.9 Å². The van der Waals surface area contributed by atoms with Crippen LogP contribution >= 0.6 is 0 Å². The van der Waals surface area contributed by atoms with E-state index in [4.69, 9.17) is 14.2 Å². The smallest absolute Gasteiger partial charge is 0.330 e. The molecule has 138 valence electrons. The molecule has 4 rings (SSSR count). The fourth-order valence-electron chi connectivity index (χ4n) is 3.10. The van der Waals surface area contributed by atoms with Gasteiger partial charge in [-0.15, -0.1) is 0 Å². The lowest BCUT2D eigenvalue weighted by Crippen LogP contribution is -2.07. The maximum atomic E-state index is 11.9. The molecular formula is C21H20N2O4. The van der Waals surface area contributed by atoms with Gasteiger partial charge in [0, 0.05) is 12.6 Å². The van der Waals surface area contributed by atoms with Gasteiger partial charge in [0.25, 0.3) is 0 Å². The predicted octanol–water partition coefficient (Wildman–Crippen LogP) is 3.72. The lowest BCUT2D eigenvalue weighted by molar-refractivity contribution is -0.137. The summed E-state index contributed by atoms with van der Waals surface area (Å²) in [7, 11) is 0. The van der Waals surface area contributed by atoms with E-state index in [9.17, 15) is 4.79 Å². The summed E-state index contributed by atoms with van der Waals surface area (Å²) < 4.78 is 18.0. The van der Waals surface area contributed by atoms with Crippen LogP contribution in [0, 0.1) is 6.92 Å². The van der Waals surface area contributed by atoms with Gasteiger partial charge in [-0.1, -0.05) is 18.2 Å². The second kappa shape index (κ2) is 7.53. The van der Waals surface area contributed by atoms with Gasteiger partial charge in [-0.3, -0.25) is 0 Å². The van der Waals surface area contributed by atoms with Gasteiger partial charge >= 0.3 is 5.97 Å². The molecule has 0 fully saturated rings. The van der Waals surface area contributed by atoms with Gasteiger partial charge < -0.3 is 18.8 Å². The number of hydrogen-bond acceptors (Lipinski definition) is 5. The molecule has 27 heavy (non-hydrogen) atoms. The number of benzene rings is 2. The number of aromatic nitrogens is 2. The minimum atomic E-state index is -0.361. The molecule has 0 saturated carbocycles. The summed E-state index contributed by atoms with van der Waals surface area (Å²) in [5, 5.41) is 0. The number of aryl methyl sites for hydroxylation is 2. The standard InChI is InChI=1S/C21H20N2O4/c1-15-22-17-5-2-3-6-18(17)23(15)11-4-12-25-21(24)10-8-16-7-9-19-20(13-16)27-14-26-19/h2-3,5-10,13H,4,11-12,14H2,1H3/b10-8+. The van der Waals surface area contributed by atoms with Crippen LogP contribution in [0.3, 0.4) is 0 Å². The Morgan fingerprint density at radius 2 is 2.07 bits per heavy atom. The van der Waals surface area contributed by atoms with Crippen molar-refractivity contribution in [3.05, 3.63) is 59.9 Å². The van der Waals surface area contributed by atoms with E-state index in [-0.39, 0.29) is 12.8 Å². The quantitative estimate of drug-likeness (QED) is 0.379. The highest BCUT2D eigenvalue weighted by Crippen LogP contribution is 2.32. The van der Waals surface area contributed by atoms with Crippen LogP contribution < -0.4 is 9.47 Å². The molecule has 0 atom stereocenters. The van der Waals surface area contributed by atoms with Gasteiger partial charge in [0.1, 0.15) is 5.82 Å². The lowest BCUT2D eigenvalue weighted by Gasteiger charge is -2.07. The van der Waals surface area contributed by atoms with Gasteiger partial charge in [-0.05, 0) is 49.2 Å². The van der Waals surface area contributed by atoms with Crippen LogP contribution in [0.1, 0.15) is 17.8 Å². The highest BCUT2D eigenvalue weighted by Gasteiger charge is 2.12. The van der Waals surface area contributed by atoms with E-state index in [0.717, 1.165) is 41.1 Å². The third-order valence-corrected chi connectivity index (χ3v) is 4.42. The average molecular weight is 364 g/mol. The van der Waals surface area contributed by atoms with E-state index >= 15 is 0 Å². The number of esters is 1. The predicted molar refractivity (Wildman–Crippen MR) is 102 cm³/mol. The summed E-state index contributed by atoms with van der Waals surface area (Å²) in [5.74, 6) is 2.01. The van der Waals surface area contributed by atoms with Crippen LogP contribution in [0.15, 0.2) is 48.5 Å². The second-order valence-electron chi connectivity index (χ2n) is 6.27. The SMILES string of the molecule is Cc1nc2ccccc2n1CCCOC(=O)/C=C/c1ccc2c(c1)OCO2. The Labute approximate surface area is 157 Å². The topological polar surface area (TPSA) is 62.6 Å². The second-order valence-corrected chi connectivity index (χ2v) is 6.27. The fourth-order valence-corrected chi connectivity index (χ4v) is 3.10. The minimum absolute atomic E-state index is 0.232. The highest BCUT2D eigenvalue weighted by atomic mass is 16.7. The molecule has 0 amide bonds. The first-order valence-electron chi connectivity index (χ1n) is 8.87. The Balaban J connectivity index is 1.27. The van der Waals surface area contributed by atoms with E-state index < -0.39 is 0 Å². The Morgan fingerprint density at radius 1 is 1.22 bits per heavy atom. The first-order valence-corrected chi connectivity index (χ1v) is 8.87. The van der Waals surface area contributed by atoms with Crippen molar-refractivity contribution in [3.8, 4) is 11.5 Å². The number of fused-ring (bicyclic) bond motifs is 2. The Morgan fingerprint density at radius 3 is 3.00 bits per heavy atom. The Kier molecular flexibility index (Phi) is 4.78. The van der Waals surface area contributed by atoms with Crippen LogP contribution in [0.25, 0.3) is 17.1 Å². The number of carbonyl (C=O) groups is 1. The third kappa shape index (κ3) is 3.79. The van der Waals surface area contributed by atoms with Gasteiger partial charge in [0.15, 0.2) is 11.5 Å². The maximum Gasteiger partial charge on any atom is 0.330 e. The van der Waals surface area contributed by atoms with E-state index in [1.807, 2.05) is 43.3 Å². The number of hydrogen-bond donors (Lipinski definition) is 0. The third-order valence-electron chi connectivity index (χ3n) is 4.42. The van der Waals surface area contributed by atoms with Crippen molar-refractivity contribution < 1.29 is 19.0 Å². The summed E-state index contributed by atoms with van der Waals surface area (Å²) in [6.45, 7) is 3.33. The zero-order valence-electron chi connectivity index (χ0n) is 15.1. The number of rotatable bonds is 6. The van der Waals surface area contributed by atoms with Gasteiger partial charge in [-0.2, -0.15) is 0 Å². The molecule has 0 unspecified atom stereocenters. The van der Waals surface area contributed by atoms with Gasteiger partial charge in [0.2, 0.25) is 6.79 Å². The molecule has 0 aliphatic carbocycles. The van der Waals surface area contributed by atoms with Crippen molar-refractivity contribution in [2.24, 2.45) is 0 Å². The molecule has 0 saturated heterocycles. The molecule has 2 aromatic carbocycles. The number of carbonyl (C=O) groups excluding carboxylic acids is 1. The first-order chi connectivity index (χ1) is 13.2. The molecule has 6 heteroatoms. The molecule has 1 aliphatic rings. The summed E-state index contributed by atoms with van der Waals surface area (Å²) >= 11 is 0. The molecule has 1 aromatic heterocycles. The molecule has 2 heterocycles. The largest absolute Gasteiger partial charge is 0.462 e. The molecule has 0 spiro atoms. The van der Waals surface area contributed by atoms with Crippen molar-refractivity contribution in [1.29, 1.82) is 0 Å². The molecule has 1 aliphatic heterocycles. The molecule has 6 nitrogen and oxygen atoms in total. The van der Waals surface area contributed by atoms with Crippen LogP contribution in [-0.2, 0) is 16.1 Å². The highest BCUT2D eigenvalue weighted by molar-refractivity contribution is 5.87. The summed E-state index contributed by atoms with van der Waals surface area (Å²) in [5.41, 5.74) is 2.94. The van der Waals surface area contributed by atoms with E-state index in [2.05, 4.69) is 15.6 Å². The van der Waals surface area contributed by atoms with E-state index in [1.54, 1.807) is 6.08 Å². The van der Waals surface area contributed by atoms with Gasteiger partial charge in [-0.25, -0.2) is 9.78 Å². The van der Waals surface area contributed by atoms with Crippen molar-refractivity contribution in [3.63, 3.8) is 0 Å². The minimum Gasteiger partial charge on any atom is -0.462 e. The van der Waals surface area contributed by atoms with Crippen LogP contribution in [0.2, 0.25) is 0 Å². The molecule has 0 N–H and O–H groups in total. The molecular weight excluding hydrogens is 344 g/mol. The molecule has 3 aromatic rings. The Hall–Kier alpha value is -3.28. The van der Waals surface area contributed by atoms with Crippen molar-refractivity contribution >= 4 is 23.1 Å². The van der Waals surface area contributed by atoms with Crippen LogP contribution in [0.4, 0.5) is 0 Å². The van der Waals surface area contributed by atoms with Crippen molar-refractivity contribution in [2.75, 3.05) is 13.4 Å². The number of para-hydroxylation sites is 2. The Bertz CT molecular complexity index is 1010. The molecule has 0 radical (unpaired) electrons. The summed E-state index contributed by atoms with van der Waals surface area (Å²) in [4.78, 5) is 16.4. The monoisotopic (exact) mass is 364 g/mol. The fraction of sp³-hybridized carbons (Fsp3) is 0.238. The number of nitrogens with zero attached hydrogens (tertiary/aromatic N) is 2. The zero-order chi connectivity index (χ0) is 18.6. The lowest BCUT2D eigenvalue weighted by atomic mass is 10.2. The van der Waals surface area contributed by atoms with Gasteiger partial charge in [0.05, 0.1) is 17.6 Å². The first kappa shape index (κ1) is 17.1. The number of imidazole rings is 1. The maximum absolute atomic E-state index is 11.9. The van der Waals surface area contributed by atoms with Crippen LogP contribution in [0.5, 0.6) is 11.5 Å². The van der Waals surface area contributed by atoms with Crippen molar-refractivity contribution in [1.82, 2.24) is 9.55 Å². The van der Waals surface area contributed by atoms with E-state index in [1.165, 1.54) is 6.08 Å². The average Bonchev–Trinajstić information content (AvgIpc) is 3.27. The normalized spacial score (nSPS) is 12.8. The van der Waals surface area contributed by atoms with E-state index in [0.29, 0.717) is 12.4 Å². The summed E-state index contributed by atoms with van der Waals surface area (Å²) in [6, 6.07) is 13.6.